The second-order valence-corrected chi connectivity index (χ2v) is 11.2. The van der Waals surface area contributed by atoms with E-state index in [1.165, 1.54) is 6.33 Å². The van der Waals surface area contributed by atoms with Crippen molar-refractivity contribution in [2.45, 2.75) is 50.5 Å². The van der Waals surface area contributed by atoms with E-state index in [2.05, 4.69) is 32.1 Å². The Bertz CT molecular complexity index is 1540. The smallest absolute Gasteiger partial charge is 0.383 e. The predicted octanol–water partition coefficient (Wildman–Crippen LogP) is 5.58. The zero-order chi connectivity index (χ0) is 29.4. The standard InChI is InChI=1S/C30H34F4N8/c1-40-13-15-41(16-14-40)21-9-11-22(12-10-21)42-29-26(28(35)37-18-38-29)27(39-42)19-5-7-20(8-6-19)36-17-23-24(30(32,33)34)3-2-4-25(23)31/h2-8,18,21-22,36H,9-17H2,1H3,(H2,35,37,38). The lowest BCUT2D eigenvalue weighted by molar-refractivity contribution is -0.138. The molecule has 3 heterocycles. The molecular formula is C30H34F4N8. The Morgan fingerprint density at radius 1 is 0.929 bits per heavy atom. The number of nitrogens with one attached hydrogen (secondary N) is 1. The maximum absolute atomic E-state index is 14.3. The van der Waals surface area contributed by atoms with E-state index in [1.54, 1.807) is 12.1 Å². The Morgan fingerprint density at radius 3 is 2.31 bits per heavy atom. The van der Waals surface area contributed by atoms with E-state index in [4.69, 9.17) is 10.8 Å². The van der Waals surface area contributed by atoms with Gasteiger partial charge in [0, 0.05) is 55.6 Å². The van der Waals surface area contributed by atoms with Crippen LogP contribution in [0.4, 0.5) is 29.1 Å². The largest absolute Gasteiger partial charge is 0.416 e. The van der Waals surface area contributed by atoms with Gasteiger partial charge in [-0.15, -0.1) is 0 Å². The number of fused-ring (bicyclic) bond motifs is 1. The first kappa shape index (κ1) is 28.4. The Balaban J connectivity index is 1.20. The first-order valence-corrected chi connectivity index (χ1v) is 14.3. The molecule has 1 aliphatic carbocycles. The molecule has 6 rings (SSSR count). The lowest BCUT2D eigenvalue weighted by Crippen LogP contribution is -2.49. The van der Waals surface area contributed by atoms with Gasteiger partial charge in [-0.2, -0.15) is 18.3 Å². The average Bonchev–Trinajstić information content (AvgIpc) is 3.38. The average molecular weight is 583 g/mol. The van der Waals surface area contributed by atoms with Crippen LogP contribution in [0.25, 0.3) is 22.3 Å². The number of piperazine rings is 1. The second kappa shape index (κ2) is 11.5. The number of halogens is 4. The van der Waals surface area contributed by atoms with Crippen molar-refractivity contribution < 1.29 is 17.6 Å². The minimum atomic E-state index is -4.64. The van der Waals surface area contributed by atoms with Crippen molar-refractivity contribution in [2.24, 2.45) is 0 Å². The lowest BCUT2D eigenvalue weighted by Gasteiger charge is -2.41. The van der Waals surface area contributed by atoms with Gasteiger partial charge in [0.25, 0.3) is 0 Å². The molecule has 42 heavy (non-hydrogen) atoms. The van der Waals surface area contributed by atoms with Crippen LogP contribution in [0.15, 0.2) is 48.8 Å². The van der Waals surface area contributed by atoms with Gasteiger partial charge in [0.15, 0.2) is 5.65 Å². The Morgan fingerprint density at radius 2 is 1.62 bits per heavy atom. The Hall–Kier alpha value is -3.77. The first-order chi connectivity index (χ1) is 20.2. The maximum atomic E-state index is 14.3. The first-order valence-electron chi connectivity index (χ1n) is 14.3. The summed E-state index contributed by atoms with van der Waals surface area (Å²) in [5.74, 6) is -0.562. The summed E-state index contributed by atoms with van der Waals surface area (Å²) in [7, 11) is 2.17. The van der Waals surface area contributed by atoms with E-state index < -0.39 is 23.1 Å². The molecule has 0 radical (unpaired) electrons. The number of likely N-dealkylation sites (N-methyl/N-ethyl adjacent to an activating group) is 1. The number of nitrogen functional groups attached to an aromatic ring is 1. The topological polar surface area (TPSA) is 88.1 Å². The van der Waals surface area contributed by atoms with Crippen molar-refractivity contribution in [3.8, 4) is 11.3 Å². The summed E-state index contributed by atoms with van der Waals surface area (Å²) in [4.78, 5) is 13.8. The molecule has 8 nitrogen and oxygen atoms in total. The molecule has 4 aromatic rings. The van der Waals surface area contributed by atoms with Crippen LogP contribution in [0.5, 0.6) is 0 Å². The number of hydrogen-bond acceptors (Lipinski definition) is 7. The molecule has 3 N–H and O–H groups in total. The van der Waals surface area contributed by atoms with Crippen molar-refractivity contribution >= 4 is 22.5 Å². The molecule has 1 saturated carbocycles. The van der Waals surface area contributed by atoms with Gasteiger partial charge < -0.3 is 16.0 Å². The zero-order valence-corrected chi connectivity index (χ0v) is 23.4. The molecule has 222 valence electrons. The number of anilines is 2. The SMILES string of the molecule is CN1CCN(C2CCC(n3nc(-c4ccc(NCc5c(F)cccc5C(F)(F)F)cc4)c4c(N)ncnc43)CC2)CC1. The van der Waals surface area contributed by atoms with Gasteiger partial charge in [-0.1, -0.05) is 18.2 Å². The molecule has 0 atom stereocenters. The van der Waals surface area contributed by atoms with Gasteiger partial charge in [-0.05, 0) is 57.0 Å². The monoisotopic (exact) mass is 582 g/mol. The minimum Gasteiger partial charge on any atom is -0.383 e. The molecular weight excluding hydrogens is 548 g/mol. The fourth-order valence-electron chi connectivity index (χ4n) is 6.25. The highest BCUT2D eigenvalue weighted by Crippen LogP contribution is 2.38. The molecule has 0 unspecified atom stereocenters. The van der Waals surface area contributed by atoms with E-state index in [1.807, 2.05) is 16.8 Å². The summed E-state index contributed by atoms with van der Waals surface area (Å²) in [6, 6.07) is 10.9. The second-order valence-electron chi connectivity index (χ2n) is 11.2. The van der Waals surface area contributed by atoms with Crippen molar-refractivity contribution in [1.82, 2.24) is 29.5 Å². The van der Waals surface area contributed by atoms with Gasteiger partial charge >= 0.3 is 6.18 Å². The quantitative estimate of drug-likeness (QED) is 0.287. The van der Waals surface area contributed by atoms with E-state index in [9.17, 15) is 17.6 Å². The molecule has 12 heteroatoms. The van der Waals surface area contributed by atoms with Crippen molar-refractivity contribution in [3.05, 3.63) is 65.7 Å². The van der Waals surface area contributed by atoms with Gasteiger partial charge in [0.2, 0.25) is 0 Å². The fraction of sp³-hybridized carbons (Fsp3) is 0.433. The van der Waals surface area contributed by atoms with Crippen LogP contribution in [0, 0.1) is 5.82 Å². The summed E-state index contributed by atoms with van der Waals surface area (Å²) >= 11 is 0. The van der Waals surface area contributed by atoms with Crippen LogP contribution in [0.1, 0.15) is 42.9 Å². The molecule has 2 aromatic carbocycles. The normalized spacial score (nSPS) is 20.7. The summed E-state index contributed by atoms with van der Waals surface area (Å²) < 4.78 is 56.4. The number of alkyl halides is 3. The number of rotatable bonds is 6. The van der Waals surface area contributed by atoms with Crippen LogP contribution in [-0.2, 0) is 12.7 Å². The highest BCUT2D eigenvalue weighted by molar-refractivity contribution is 5.98. The van der Waals surface area contributed by atoms with E-state index in [0.717, 1.165) is 75.6 Å². The van der Waals surface area contributed by atoms with Crippen LogP contribution >= 0.6 is 0 Å². The number of aromatic nitrogens is 4. The number of benzene rings is 2. The van der Waals surface area contributed by atoms with Crippen molar-refractivity contribution in [1.29, 1.82) is 0 Å². The summed E-state index contributed by atoms with van der Waals surface area (Å²) in [6.07, 6.45) is 1.01. The molecule has 0 spiro atoms. The molecule has 2 fully saturated rings. The number of nitrogens with zero attached hydrogens (tertiary/aromatic N) is 6. The lowest BCUT2D eigenvalue weighted by atomic mass is 9.90. The van der Waals surface area contributed by atoms with E-state index in [0.29, 0.717) is 34.3 Å². The summed E-state index contributed by atoms with van der Waals surface area (Å²) in [6.45, 7) is 4.12. The molecule has 0 amide bonds. The zero-order valence-electron chi connectivity index (χ0n) is 23.4. The van der Waals surface area contributed by atoms with Gasteiger partial charge in [0.05, 0.1) is 17.0 Å². The molecule has 0 bridgehead atoms. The minimum absolute atomic E-state index is 0.198. The molecule has 1 saturated heterocycles. The van der Waals surface area contributed by atoms with Crippen LogP contribution in [-0.4, -0.2) is 68.8 Å². The third-order valence-corrected chi connectivity index (χ3v) is 8.64. The molecule has 2 aliphatic rings. The fourth-order valence-corrected chi connectivity index (χ4v) is 6.25. The van der Waals surface area contributed by atoms with Gasteiger partial charge in [-0.3, -0.25) is 4.90 Å². The molecule has 1 aliphatic heterocycles. The van der Waals surface area contributed by atoms with Crippen molar-refractivity contribution in [2.75, 3.05) is 44.3 Å². The third kappa shape index (κ3) is 5.65. The predicted molar refractivity (Wildman–Crippen MR) is 154 cm³/mol. The third-order valence-electron chi connectivity index (χ3n) is 8.64. The van der Waals surface area contributed by atoms with Crippen LogP contribution in [0.3, 0.4) is 0 Å². The van der Waals surface area contributed by atoms with Gasteiger partial charge in [-0.25, -0.2) is 19.0 Å². The van der Waals surface area contributed by atoms with Crippen LogP contribution < -0.4 is 11.1 Å². The molecule has 2 aromatic heterocycles. The van der Waals surface area contributed by atoms with Gasteiger partial charge in [0.1, 0.15) is 23.7 Å². The van der Waals surface area contributed by atoms with Crippen molar-refractivity contribution in [3.63, 3.8) is 0 Å². The Kier molecular flexibility index (Phi) is 7.75. The maximum Gasteiger partial charge on any atom is 0.416 e. The van der Waals surface area contributed by atoms with E-state index in [-0.39, 0.29) is 12.6 Å². The number of hydrogen-bond donors (Lipinski definition) is 2. The van der Waals surface area contributed by atoms with Crippen LogP contribution in [0.2, 0.25) is 0 Å². The summed E-state index contributed by atoms with van der Waals surface area (Å²) in [5.41, 5.74) is 7.58. The Labute approximate surface area is 241 Å². The summed E-state index contributed by atoms with van der Waals surface area (Å²) in [5, 5.41) is 8.58. The highest BCUT2D eigenvalue weighted by Gasteiger charge is 2.34. The number of nitrogens with two attached hydrogens (primary N) is 1. The van der Waals surface area contributed by atoms with E-state index >= 15 is 0 Å². The highest BCUT2D eigenvalue weighted by atomic mass is 19.4.